The lowest BCUT2D eigenvalue weighted by Crippen LogP contribution is -2.61. The van der Waals surface area contributed by atoms with Gasteiger partial charge in [0.2, 0.25) is 0 Å². The van der Waals surface area contributed by atoms with Gasteiger partial charge in [-0.25, -0.2) is 0 Å². The number of rotatable bonds is 11. The molecule has 6 heteroatoms. The Balaban J connectivity index is 1.56. The van der Waals surface area contributed by atoms with Crippen molar-refractivity contribution in [3.05, 3.63) is 108 Å². The number of hydrogen-bond acceptors (Lipinski definition) is 6. The summed E-state index contributed by atoms with van der Waals surface area (Å²) in [6.07, 6.45) is -2.97. The fourth-order valence-electron chi connectivity index (χ4n) is 4.08. The van der Waals surface area contributed by atoms with Crippen molar-refractivity contribution in [2.45, 2.75) is 50.5 Å². The molecule has 0 radical (unpaired) electrons. The second-order valence-electron chi connectivity index (χ2n) is 8.24. The van der Waals surface area contributed by atoms with E-state index in [0.29, 0.717) is 19.8 Å². The second kappa shape index (κ2) is 12.8. The number of hydrogen-bond donors (Lipinski definition) is 1. The highest BCUT2D eigenvalue weighted by atomic mass is 16.7. The van der Waals surface area contributed by atoms with Crippen molar-refractivity contribution in [3.63, 3.8) is 0 Å². The summed E-state index contributed by atoms with van der Waals surface area (Å²) in [6, 6.07) is 29.8. The predicted octanol–water partition coefficient (Wildman–Crippen LogP) is 4.11. The predicted molar refractivity (Wildman–Crippen MR) is 128 cm³/mol. The highest BCUT2D eigenvalue weighted by molar-refractivity contribution is 5.15. The van der Waals surface area contributed by atoms with Crippen LogP contribution in [0, 0.1) is 0 Å². The van der Waals surface area contributed by atoms with Crippen LogP contribution >= 0.6 is 0 Å². The molecule has 3 aromatic carbocycles. The first-order valence-corrected chi connectivity index (χ1v) is 11.5. The van der Waals surface area contributed by atoms with Gasteiger partial charge < -0.3 is 28.8 Å². The molecule has 3 aromatic rings. The minimum Gasteiger partial charge on any atom is -0.394 e. The van der Waals surface area contributed by atoms with Crippen LogP contribution in [0.1, 0.15) is 16.7 Å². The SMILES string of the molecule is CO[C@H]1O[C@@H](CO)[C@H](OCc2ccccc2)[C@H](OCc2ccccc2)[C@H]1OCc1ccccc1. The molecule has 0 aliphatic carbocycles. The molecule has 1 saturated heterocycles. The standard InChI is InChI=1S/C28H32O6/c1-30-28-27(33-20-23-15-9-4-10-16-23)26(32-19-22-13-7-3-8-14-22)25(24(17-29)34-28)31-18-21-11-5-2-6-12-21/h2-16,24-29H,17-20H2,1H3/t24-,25-,26-,27+,28-/m0/s1. The van der Waals surface area contributed by atoms with Crippen molar-refractivity contribution in [2.75, 3.05) is 13.7 Å². The van der Waals surface area contributed by atoms with Crippen molar-refractivity contribution >= 4 is 0 Å². The van der Waals surface area contributed by atoms with Crippen LogP contribution in [0.5, 0.6) is 0 Å². The molecule has 1 aliphatic rings. The molecule has 1 N–H and O–H groups in total. The third-order valence-corrected chi connectivity index (χ3v) is 5.86. The molecule has 5 atom stereocenters. The number of aliphatic hydroxyl groups excluding tert-OH is 1. The molecule has 1 heterocycles. The normalized spacial score (nSPS) is 24.7. The summed E-state index contributed by atoms with van der Waals surface area (Å²) in [5.74, 6) is 0. The Kier molecular flexibility index (Phi) is 9.21. The van der Waals surface area contributed by atoms with Crippen molar-refractivity contribution < 1.29 is 28.8 Å². The summed E-state index contributed by atoms with van der Waals surface area (Å²) in [6.45, 7) is 0.876. The van der Waals surface area contributed by atoms with Crippen LogP contribution in [-0.2, 0) is 43.5 Å². The van der Waals surface area contributed by atoms with E-state index in [1.54, 1.807) is 7.11 Å². The Morgan fingerprint density at radius 2 is 1.03 bits per heavy atom. The average molecular weight is 465 g/mol. The Morgan fingerprint density at radius 1 is 0.618 bits per heavy atom. The van der Waals surface area contributed by atoms with E-state index in [0.717, 1.165) is 16.7 Å². The van der Waals surface area contributed by atoms with Gasteiger partial charge in [0.05, 0.1) is 26.4 Å². The summed E-state index contributed by atoms with van der Waals surface area (Å²) < 4.78 is 30.7. The minimum atomic E-state index is -0.710. The second-order valence-corrected chi connectivity index (χ2v) is 8.24. The number of aliphatic hydroxyl groups is 1. The molecule has 0 bridgehead atoms. The molecule has 4 rings (SSSR count). The third kappa shape index (κ3) is 6.51. The Labute approximate surface area is 201 Å². The van der Waals surface area contributed by atoms with Crippen molar-refractivity contribution in [1.82, 2.24) is 0 Å². The lowest BCUT2D eigenvalue weighted by molar-refractivity contribution is -0.321. The average Bonchev–Trinajstić information content (AvgIpc) is 2.91. The Bertz CT molecular complexity index is 895. The van der Waals surface area contributed by atoms with E-state index in [2.05, 4.69) is 0 Å². The van der Waals surface area contributed by atoms with Crippen LogP contribution < -0.4 is 0 Å². The summed E-state index contributed by atoms with van der Waals surface area (Å²) in [4.78, 5) is 0. The minimum absolute atomic E-state index is 0.226. The van der Waals surface area contributed by atoms with Crippen LogP contribution in [0.4, 0.5) is 0 Å². The maximum Gasteiger partial charge on any atom is 0.186 e. The summed E-state index contributed by atoms with van der Waals surface area (Å²) in [5, 5.41) is 10.1. The number of ether oxygens (including phenoxy) is 5. The van der Waals surface area contributed by atoms with E-state index in [1.165, 1.54) is 0 Å². The zero-order valence-electron chi connectivity index (χ0n) is 19.4. The first-order chi connectivity index (χ1) is 16.8. The maximum absolute atomic E-state index is 10.1. The molecule has 1 fully saturated rings. The first-order valence-electron chi connectivity index (χ1n) is 11.5. The van der Waals surface area contributed by atoms with Gasteiger partial charge in [-0.3, -0.25) is 0 Å². The molecular formula is C28H32O6. The summed E-state index contributed by atoms with van der Waals surface area (Å²) in [5.41, 5.74) is 3.09. The van der Waals surface area contributed by atoms with Gasteiger partial charge in [-0.15, -0.1) is 0 Å². The highest BCUT2D eigenvalue weighted by Gasteiger charge is 2.48. The first kappa shape index (κ1) is 24.5. The van der Waals surface area contributed by atoms with E-state index in [4.69, 9.17) is 23.7 Å². The quantitative estimate of drug-likeness (QED) is 0.461. The van der Waals surface area contributed by atoms with Crippen molar-refractivity contribution in [2.24, 2.45) is 0 Å². The van der Waals surface area contributed by atoms with Gasteiger partial charge in [0.25, 0.3) is 0 Å². The molecule has 0 saturated carbocycles. The van der Waals surface area contributed by atoms with E-state index in [9.17, 15) is 5.11 Å². The van der Waals surface area contributed by atoms with E-state index >= 15 is 0 Å². The zero-order valence-corrected chi connectivity index (χ0v) is 19.4. The maximum atomic E-state index is 10.1. The molecule has 0 aromatic heterocycles. The fraction of sp³-hybridized carbons (Fsp3) is 0.357. The lowest BCUT2D eigenvalue weighted by Gasteiger charge is -2.45. The van der Waals surface area contributed by atoms with Gasteiger partial charge in [0, 0.05) is 7.11 Å². The van der Waals surface area contributed by atoms with Crippen LogP contribution in [-0.4, -0.2) is 49.5 Å². The molecule has 0 amide bonds. The fourth-order valence-corrected chi connectivity index (χ4v) is 4.08. The van der Waals surface area contributed by atoms with Crippen LogP contribution in [0.3, 0.4) is 0 Å². The molecular weight excluding hydrogens is 432 g/mol. The van der Waals surface area contributed by atoms with E-state index < -0.39 is 30.7 Å². The van der Waals surface area contributed by atoms with Crippen molar-refractivity contribution in [1.29, 1.82) is 0 Å². The monoisotopic (exact) mass is 464 g/mol. The number of benzene rings is 3. The number of methoxy groups -OCH3 is 1. The molecule has 0 unspecified atom stereocenters. The summed E-state index contributed by atoms with van der Waals surface area (Å²) >= 11 is 0. The summed E-state index contributed by atoms with van der Waals surface area (Å²) in [7, 11) is 1.57. The van der Waals surface area contributed by atoms with Gasteiger partial charge >= 0.3 is 0 Å². The van der Waals surface area contributed by atoms with Crippen molar-refractivity contribution in [3.8, 4) is 0 Å². The van der Waals surface area contributed by atoms with E-state index in [-0.39, 0.29) is 6.61 Å². The lowest BCUT2D eigenvalue weighted by atomic mass is 9.98. The van der Waals surface area contributed by atoms with Crippen LogP contribution in [0.15, 0.2) is 91.0 Å². The van der Waals surface area contributed by atoms with Gasteiger partial charge in [-0.1, -0.05) is 91.0 Å². The van der Waals surface area contributed by atoms with Crippen LogP contribution in [0.25, 0.3) is 0 Å². The zero-order chi connectivity index (χ0) is 23.6. The third-order valence-electron chi connectivity index (χ3n) is 5.86. The molecule has 0 spiro atoms. The topological polar surface area (TPSA) is 66.4 Å². The Morgan fingerprint density at radius 3 is 1.44 bits per heavy atom. The molecule has 1 aliphatic heterocycles. The van der Waals surface area contributed by atoms with Gasteiger partial charge in [0.15, 0.2) is 6.29 Å². The molecule has 180 valence electrons. The van der Waals surface area contributed by atoms with Gasteiger partial charge in [0.1, 0.15) is 24.4 Å². The van der Waals surface area contributed by atoms with Gasteiger partial charge in [-0.2, -0.15) is 0 Å². The molecule has 34 heavy (non-hydrogen) atoms. The Hall–Kier alpha value is -2.58. The van der Waals surface area contributed by atoms with Crippen LogP contribution in [0.2, 0.25) is 0 Å². The van der Waals surface area contributed by atoms with Gasteiger partial charge in [-0.05, 0) is 16.7 Å². The molecule has 6 nitrogen and oxygen atoms in total. The largest absolute Gasteiger partial charge is 0.394 e. The smallest absolute Gasteiger partial charge is 0.186 e. The van der Waals surface area contributed by atoms with E-state index in [1.807, 2.05) is 91.0 Å². The highest BCUT2D eigenvalue weighted by Crippen LogP contribution is 2.30.